The highest BCUT2D eigenvalue weighted by molar-refractivity contribution is 7.92. The van der Waals surface area contributed by atoms with E-state index in [1.54, 1.807) is 24.3 Å². The third kappa shape index (κ3) is 9.63. The van der Waals surface area contributed by atoms with Crippen molar-refractivity contribution >= 4 is 39.1 Å². The Balaban J connectivity index is 1.77. The molecule has 1 fully saturated rings. The number of nitrogens with one attached hydrogen (secondary N) is 1. The number of carbonyl (C=O) groups is 2. The SMILES string of the molecule is CC[C@@H](C(=O)NC1CCCCC1)N(Cc1ccc(Cl)cc1)C(=O)CCCN(c1cccc(C(F)(F)F)c1)S(C)(=O)=O. The van der Waals surface area contributed by atoms with Crippen LogP contribution in [-0.4, -0.2) is 50.0 Å². The first-order valence-corrected chi connectivity index (χ1v) is 16.0. The molecule has 0 aromatic heterocycles. The van der Waals surface area contributed by atoms with E-state index in [4.69, 9.17) is 11.6 Å². The van der Waals surface area contributed by atoms with Crippen molar-refractivity contribution in [1.29, 1.82) is 0 Å². The molecule has 12 heteroatoms. The number of anilines is 1. The van der Waals surface area contributed by atoms with E-state index in [9.17, 15) is 31.2 Å². The van der Waals surface area contributed by atoms with Crippen LogP contribution >= 0.6 is 11.6 Å². The van der Waals surface area contributed by atoms with Crippen molar-refractivity contribution in [3.63, 3.8) is 0 Å². The number of amides is 2. The first-order valence-electron chi connectivity index (χ1n) is 13.8. The number of hydrogen-bond acceptors (Lipinski definition) is 4. The van der Waals surface area contributed by atoms with E-state index < -0.39 is 27.8 Å². The zero-order valence-electron chi connectivity index (χ0n) is 23.3. The van der Waals surface area contributed by atoms with E-state index in [0.717, 1.165) is 66.4 Å². The number of sulfonamides is 1. The average Bonchev–Trinajstić information content (AvgIpc) is 2.91. The molecular weight excluding hydrogens is 579 g/mol. The molecule has 3 rings (SSSR count). The molecule has 1 saturated carbocycles. The highest BCUT2D eigenvalue weighted by Crippen LogP contribution is 2.32. The Hall–Kier alpha value is -2.79. The number of carbonyl (C=O) groups excluding carboxylic acids is 2. The molecule has 1 aliphatic carbocycles. The number of halogens is 4. The molecule has 41 heavy (non-hydrogen) atoms. The minimum absolute atomic E-state index is 0.0416. The Kier molecular flexibility index (Phi) is 11.5. The molecule has 0 radical (unpaired) electrons. The number of hydrogen-bond donors (Lipinski definition) is 1. The number of rotatable bonds is 12. The maximum absolute atomic E-state index is 13.6. The van der Waals surface area contributed by atoms with Crippen molar-refractivity contribution in [2.45, 2.75) is 83.1 Å². The first-order chi connectivity index (χ1) is 19.3. The van der Waals surface area contributed by atoms with Crippen LogP contribution in [0.15, 0.2) is 48.5 Å². The van der Waals surface area contributed by atoms with Gasteiger partial charge in [-0.05, 0) is 61.6 Å². The van der Waals surface area contributed by atoms with Gasteiger partial charge in [-0.15, -0.1) is 0 Å². The Labute approximate surface area is 245 Å². The fraction of sp³-hybridized carbons (Fsp3) is 0.517. The summed E-state index contributed by atoms with van der Waals surface area (Å²) < 4.78 is 65.6. The number of nitrogens with zero attached hydrogens (tertiary/aromatic N) is 2. The molecular formula is C29H37ClF3N3O4S. The van der Waals surface area contributed by atoms with E-state index in [1.807, 2.05) is 6.92 Å². The van der Waals surface area contributed by atoms with Crippen LogP contribution in [0.3, 0.4) is 0 Å². The van der Waals surface area contributed by atoms with Crippen molar-refractivity contribution in [2.75, 3.05) is 17.1 Å². The predicted molar refractivity (Wildman–Crippen MR) is 154 cm³/mol. The number of alkyl halides is 3. The van der Waals surface area contributed by atoms with Gasteiger partial charge in [-0.1, -0.05) is 56.0 Å². The summed E-state index contributed by atoms with van der Waals surface area (Å²) in [6.07, 6.45) is 1.58. The van der Waals surface area contributed by atoms with Gasteiger partial charge < -0.3 is 10.2 Å². The van der Waals surface area contributed by atoms with E-state index in [-0.39, 0.29) is 49.5 Å². The van der Waals surface area contributed by atoms with Crippen molar-refractivity contribution in [1.82, 2.24) is 10.2 Å². The molecule has 2 aromatic rings. The van der Waals surface area contributed by atoms with Crippen LogP contribution in [0.25, 0.3) is 0 Å². The summed E-state index contributed by atoms with van der Waals surface area (Å²) in [5, 5.41) is 3.63. The highest BCUT2D eigenvalue weighted by Gasteiger charge is 2.32. The lowest BCUT2D eigenvalue weighted by atomic mass is 9.95. The Morgan fingerprint density at radius 3 is 2.32 bits per heavy atom. The zero-order valence-corrected chi connectivity index (χ0v) is 24.9. The predicted octanol–water partition coefficient (Wildman–Crippen LogP) is 6.16. The molecule has 0 aliphatic heterocycles. The zero-order chi connectivity index (χ0) is 30.2. The van der Waals surface area contributed by atoms with E-state index in [2.05, 4.69) is 5.32 Å². The summed E-state index contributed by atoms with van der Waals surface area (Å²) in [5.74, 6) is -0.591. The van der Waals surface area contributed by atoms with Gasteiger partial charge in [0.05, 0.1) is 17.5 Å². The molecule has 7 nitrogen and oxygen atoms in total. The van der Waals surface area contributed by atoms with Crippen LogP contribution in [0, 0.1) is 0 Å². The molecule has 0 saturated heterocycles. The van der Waals surface area contributed by atoms with Gasteiger partial charge in [-0.2, -0.15) is 13.2 Å². The van der Waals surface area contributed by atoms with Crippen LogP contribution in [0.5, 0.6) is 0 Å². The van der Waals surface area contributed by atoms with E-state index >= 15 is 0 Å². The summed E-state index contributed by atoms with van der Waals surface area (Å²) in [6.45, 7) is 1.77. The lowest BCUT2D eigenvalue weighted by molar-refractivity contribution is -0.141. The minimum atomic E-state index is -4.63. The normalized spacial score (nSPS) is 15.3. The summed E-state index contributed by atoms with van der Waals surface area (Å²) in [7, 11) is -3.94. The van der Waals surface area contributed by atoms with Crippen LogP contribution < -0.4 is 9.62 Å². The van der Waals surface area contributed by atoms with Crippen molar-refractivity contribution < 1.29 is 31.2 Å². The fourth-order valence-corrected chi connectivity index (χ4v) is 6.17. The molecule has 1 atom stereocenters. The van der Waals surface area contributed by atoms with Crippen LogP contribution in [0.4, 0.5) is 18.9 Å². The molecule has 1 N–H and O–H groups in total. The van der Waals surface area contributed by atoms with Gasteiger partial charge in [0.15, 0.2) is 0 Å². The second kappa shape index (κ2) is 14.4. The molecule has 0 heterocycles. The minimum Gasteiger partial charge on any atom is -0.352 e. The molecule has 226 valence electrons. The largest absolute Gasteiger partial charge is 0.416 e. The van der Waals surface area contributed by atoms with Crippen LogP contribution in [-0.2, 0) is 32.3 Å². The smallest absolute Gasteiger partial charge is 0.352 e. The van der Waals surface area contributed by atoms with Gasteiger partial charge in [0.1, 0.15) is 6.04 Å². The molecule has 0 bridgehead atoms. The summed E-state index contributed by atoms with van der Waals surface area (Å²) in [4.78, 5) is 28.4. The monoisotopic (exact) mass is 615 g/mol. The van der Waals surface area contributed by atoms with Gasteiger partial charge >= 0.3 is 6.18 Å². The molecule has 2 amide bonds. The molecule has 0 unspecified atom stereocenters. The fourth-order valence-electron chi connectivity index (χ4n) is 5.09. The third-order valence-electron chi connectivity index (χ3n) is 7.22. The number of benzene rings is 2. The van der Waals surface area contributed by atoms with Crippen molar-refractivity contribution in [2.24, 2.45) is 0 Å². The second-order valence-electron chi connectivity index (χ2n) is 10.4. The highest BCUT2D eigenvalue weighted by atomic mass is 35.5. The summed E-state index contributed by atoms with van der Waals surface area (Å²) in [5.41, 5.74) is -0.330. The van der Waals surface area contributed by atoms with Gasteiger partial charge in [0.25, 0.3) is 0 Å². The first kappa shape index (κ1) is 32.7. The van der Waals surface area contributed by atoms with E-state index in [1.165, 1.54) is 11.0 Å². The Morgan fingerprint density at radius 2 is 1.73 bits per heavy atom. The van der Waals surface area contributed by atoms with Gasteiger partial charge in [-0.25, -0.2) is 8.42 Å². The summed E-state index contributed by atoms with van der Waals surface area (Å²) in [6, 6.07) is 10.3. The van der Waals surface area contributed by atoms with Crippen molar-refractivity contribution in [3.8, 4) is 0 Å². The Bertz CT molecular complexity index is 1280. The second-order valence-corrected chi connectivity index (χ2v) is 12.7. The van der Waals surface area contributed by atoms with Gasteiger partial charge in [0.2, 0.25) is 21.8 Å². The average molecular weight is 616 g/mol. The van der Waals surface area contributed by atoms with Gasteiger partial charge in [-0.3, -0.25) is 13.9 Å². The van der Waals surface area contributed by atoms with Gasteiger partial charge in [0, 0.05) is 30.6 Å². The molecule has 2 aromatic carbocycles. The molecule has 0 spiro atoms. The lowest BCUT2D eigenvalue weighted by Crippen LogP contribution is -2.51. The lowest BCUT2D eigenvalue weighted by Gasteiger charge is -2.33. The third-order valence-corrected chi connectivity index (χ3v) is 8.66. The van der Waals surface area contributed by atoms with Crippen LogP contribution in [0.2, 0.25) is 5.02 Å². The molecule has 1 aliphatic rings. The topological polar surface area (TPSA) is 86.8 Å². The van der Waals surface area contributed by atoms with Crippen LogP contribution in [0.1, 0.15) is 69.4 Å². The Morgan fingerprint density at radius 1 is 1.07 bits per heavy atom. The maximum Gasteiger partial charge on any atom is 0.416 e. The quantitative estimate of drug-likeness (QED) is 0.310. The maximum atomic E-state index is 13.6. The van der Waals surface area contributed by atoms with E-state index in [0.29, 0.717) is 11.4 Å². The van der Waals surface area contributed by atoms with Crippen molar-refractivity contribution in [3.05, 3.63) is 64.7 Å². The summed E-state index contributed by atoms with van der Waals surface area (Å²) >= 11 is 6.02. The standard InChI is InChI=1S/C29H37ClF3N3O4S/c1-3-26(28(38)34-24-10-5-4-6-11-24)35(20-21-14-16-23(30)17-15-21)27(37)13-8-18-36(41(2,39)40)25-12-7-9-22(19-25)29(31,32)33/h7,9,12,14-17,19,24,26H,3-6,8,10-11,13,18,20H2,1-2H3,(H,34,38)/t26-/m0/s1.